The van der Waals surface area contributed by atoms with E-state index in [1.165, 1.54) is 7.11 Å². The van der Waals surface area contributed by atoms with Gasteiger partial charge in [0.2, 0.25) is 0 Å². The minimum Gasteiger partial charge on any atom is -0.497 e. The molecule has 0 radical (unpaired) electrons. The third-order valence-corrected chi connectivity index (χ3v) is 4.65. The number of rotatable bonds is 6. The molecule has 0 aliphatic rings. The number of hydrogen-bond donors (Lipinski definition) is 1. The number of benzene rings is 2. The first kappa shape index (κ1) is 19.3. The summed E-state index contributed by atoms with van der Waals surface area (Å²) in [7, 11) is 3.14. The van der Waals surface area contributed by atoms with E-state index in [0.29, 0.717) is 28.6 Å². The van der Waals surface area contributed by atoms with Crippen LogP contribution in [0.5, 0.6) is 17.2 Å². The second-order valence-electron chi connectivity index (χ2n) is 5.66. The van der Waals surface area contributed by atoms with E-state index in [2.05, 4.69) is 37.9 Å². The van der Waals surface area contributed by atoms with E-state index in [0.717, 1.165) is 21.1 Å². The van der Waals surface area contributed by atoms with E-state index >= 15 is 0 Å². The number of ether oxygens (including phenoxy) is 3. The number of nitrogens with zero attached hydrogens (tertiary/aromatic N) is 2. The van der Waals surface area contributed by atoms with Gasteiger partial charge >= 0.3 is 0 Å². The highest BCUT2D eigenvalue weighted by Gasteiger charge is 2.13. The number of halogens is 1. The van der Waals surface area contributed by atoms with E-state index in [-0.39, 0.29) is 6.61 Å². The number of nitrogens with one attached hydrogen (secondary N) is 1. The van der Waals surface area contributed by atoms with Gasteiger partial charge in [-0.25, -0.2) is 4.98 Å². The van der Waals surface area contributed by atoms with Crippen LogP contribution in [-0.4, -0.2) is 30.8 Å². The van der Waals surface area contributed by atoms with Crippen molar-refractivity contribution in [3.8, 4) is 35.7 Å². The van der Waals surface area contributed by atoms with E-state index in [1.807, 2.05) is 18.2 Å². The van der Waals surface area contributed by atoms with Crippen LogP contribution in [0.1, 0.15) is 11.4 Å². The highest BCUT2D eigenvalue weighted by atomic mass is 79.9. The molecule has 2 aromatic carbocycles. The lowest BCUT2D eigenvalue weighted by atomic mass is 10.1. The van der Waals surface area contributed by atoms with Gasteiger partial charge in [0.15, 0.2) is 11.5 Å². The Balaban J connectivity index is 2.03. The van der Waals surface area contributed by atoms with Gasteiger partial charge in [0, 0.05) is 10.5 Å². The summed E-state index contributed by atoms with van der Waals surface area (Å²) in [5, 5.41) is 9.66. The van der Waals surface area contributed by atoms with Gasteiger partial charge < -0.3 is 19.2 Å². The van der Waals surface area contributed by atoms with Gasteiger partial charge in [-0.3, -0.25) is 0 Å². The maximum atomic E-state index is 9.66. The average Bonchev–Trinajstić information content (AvgIpc) is 3.14. The van der Waals surface area contributed by atoms with Crippen LogP contribution in [0.25, 0.3) is 22.7 Å². The van der Waals surface area contributed by atoms with E-state index in [4.69, 9.17) is 20.6 Å². The third-order valence-electron chi connectivity index (χ3n) is 3.96. The molecule has 0 amide bonds. The molecule has 0 spiro atoms. The zero-order valence-corrected chi connectivity index (χ0v) is 16.8. The third kappa shape index (κ3) is 3.95. The minimum atomic E-state index is 0.129. The monoisotopic (exact) mass is 437 g/mol. The maximum absolute atomic E-state index is 9.66. The number of methoxy groups -OCH3 is 2. The maximum Gasteiger partial charge on any atom is 0.163 e. The molecular weight excluding hydrogens is 422 g/mol. The van der Waals surface area contributed by atoms with Crippen molar-refractivity contribution >= 4 is 38.6 Å². The first-order valence-electron chi connectivity index (χ1n) is 8.19. The molecule has 0 aliphatic carbocycles. The molecule has 3 aromatic rings. The van der Waals surface area contributed by atoms with Gasteiger partial charge in [-0.15, -0.1) is 6.42 Å². The molecule has 1 N–H and O–H groups in total. The topological polar surface area (TPSA) is 80.2 Å². The van der Waals surface area contributed by atoms with E-state index in [9.17, 15) is 5.26 Å². The second-order valence-corrected chi connectivity index (χ2v) is 6.51. The summed E-state index contributed by atoms with van der Waals surface area (Å²) in [6, 6.07) is 11.2. The van der Waals surface area contributed by atoms with Crippen LogP contribution in [0, 0.1) is 23.7 Å². The second kappa shape index (κ2) is 8.51. The molecule has 7 heteroatoms. The molecule has 0 saturated heterocycles. The van der Waals surface area contributed by atoms with Crippen molar-refractivity contribution in [3.63, 3.8) is 0 Å². The molecule has 0 saturated carbocycles. The highest BCUT2D eigenvalue weighted by molar-refractivity contribution is 9.10. The Morgan fingerprint density at radius 2 is 2.07 bits per heavy atom. The predicted molar refractivity (Wildman–Crippen MR) is 111 cm³/mol. The number of hydrogen-bond acceptors (Lipinski definition) is 5. The summed E-state index contributed by atoms with van der Waals surface area (Å²) in [4.78, 5) is 7.64. The summed E-state index contributed by atoms with van der Waals surface area (Å²) in [5.74, 6) is 4.61. The Bertz CT molecular complexity index is 1140. The van der Waals surface area contributed by atoms with Gasteiger partial charge in [-0.05, 0) is 35.9 Å². The standard InChI is InChI=1S/C21H16BrN3O3/c1-4-7-28-20-11-16(22)13(9-19(20)27-3)8-14(12-23)21-24-17-6-5-15(26-2)10-18(17)25-21/h1,5-6,8-11H,7H2,2-3H3,(H,24,25). The van der Waals surface area contributed by atoms with Crippen LogP contribution in [-0.2, 0) is 0 Å². The summed E-state index contributed by atoms with van der Waals surface area (Å²) in [5.41, 5.74) is 2.63. The number of terminal acetylenes is 1. The highest BCUT2D eigenvalue weighted by Crippen LogP contribution is 2.35. The molecular formula is C21H16BrN3O3. The molecule has 6 nitrogen and oxygen atoms in total. The molecule has 140 valence electrons. The Hall–Kier alpha value is -3.42. The predicted octanol–water partition coefficient (Wildman–Crippen LogP) is 4.42. The number of aromatic amines is 1. The lowest BCUT2D eigenvalue weighted by molar-refractivity contribution is 0.330. The van der Waals surface area contributed by atoms with Gasteiger partial charge in [0.1, 0.15) is 24.3 Å². The van der Waals surface area contributed by atoms with Crippen molar-refractivity contribution in [1.82, 2.24) is 9.97 Å². The summed E-state index contributed by atoms with van der Waals surface area (Å²) in [6.07, 6.45) is 6.96. The minimum absolute atomic E-state index is 0.129. The molecule has 1 heterocycles. The summed E-state index contributed by atoms with van der Waals surface area (Å²) in [6.45, 7) is 0.129. The van der Waals surface area contributed by atoms with Gasteiger partial charge in [-0.1, -0.05) is 21.9 Å². The largest absolute Gasteiger partial charge is 0.497 e. The van der Waals surface area contributed by atoms with Gasteiger partial charge in [0.25, 0.3) is 0 Å². The zero-order chi connectivity index (χ0) is 20.1. The first-order chi connectivity index (χ1) is 13.6. The van der Waals surface area contributed by atoms with Crippen molar-refractivity contribution in [1.29, 1.82) is 5.26 Å². The molecule has 3 rings (SSSR count). The zero-order valence-electron chi connectivity index (χ0n) is 15.2. The fourth-order valence-electron chi connectivity index (χ4n) is 2.61. The summed E-state index contributed by atoms with van der Waals surface area (Å²) >= 11 is 3.50. The number of aromatic nitrogens is 2. The number of fused-ring (bicyclic) bond motifs is 1. The van der Waals surface area contributed by atoms with Crippen molar-refractivity contribution < 1.29 is 14.2 Å². The molecule has 1 aromatic heterocycles. The van der Waals surface area contributed by atoms with E-state index < -0.39 is 0 Å². The lowest BCUT2D eigenvalue weighted by Gasteiger charge is -2.11. The Morgan fingerprint density at radius 1 is 1.25 bits per heavy atom. The molecule has 0 atom stereocenters. The SMILES string of the molecule is C#CCOc1cc(Br)c(C=C(C#N)c2nc3ccc(OC)cc3[nH]2)cc1OC. The van der Waals surface area contributed by atoms with Crippen molar-refractivity contribution in [3.05, 3.63) is 46.2 Å². The normalized spacial score (nSPS) is 11.0. The fraction of sp³-hybridized carbons (Fsp3) is 0.143. The van der Waals surface area contributed by atoms with Crippen LogP contribution >= 0.6 is 15.9 Å². The quantitative estimate of drug-likeness (QED) is 0.455. The van der Waals surface area contributed by atoms with Crippen molar-refractivity contribution in [2.45, 2.75) is 0 Å². The number of allylic oxidation sites excluding steroid dienone is 1. The van der Waals surface area contributed by atoms with Crippen LogP contribution in [0.4, 0.5) is 0 Å². The number of imidazole rings is 1. The Kier molecular flexibility index (Phi) is 5.88. The number of H-pyrrole nitrogens is 1. The molecule has 0 unspecified atom stereocenters. The van der Waals surface area contributed by atoms with E-state index in [1.54, 1.807) is 25.3 Å². The Morgan fingerprint density at radius 3 is 2.75 bits per heavy atom. The van der Waals surface area contributed by atoms with Crippen LogP contribution in [0.15, 0.2) is 34.8 Å². The van der Waals surface area contributed by atoms with Gasteiger partial charge in [-0.2, -0.15) is 5.26 Å². The van der Waals surface area contributed by atoms with Crippen molar-refractivity contribution in [2.75, 3.05) is 20.8 Å². The van der Waals surface area contributed by atoms with Crippen LogP contribution in [0.3, 0.4) is 0 Å². The van der Waals surface area contributed by atoms with Crippen molar-refractivity contribution in [2.24, 2.45) is 0 Å². The first-order valence-corrected chi connectivity index (χ1v) is 8.98. The lowest BCUT2D eigenvalue weighted by Crippen LogP contribution is -1.97. The number of nitriles is 1. The smallest absolute Gasteiger partial charge is 0.163 e. The Labute approximate surface area is 170 Å². The molecule has 0 bridgehead atoms. The van der Waals surface area contributed by atoms with Gasteiger partial charge in [0.05, 0.1) is 30.8 Å². The summed E-state index contributed by atoms with van der Waals surface area (Å²) < 4.78 is 16.8. The average molecular weight is 438 g/mol. The molecule has 0 aliphatic heterocycles. The molecule has 28 heavy (non-hydrogen) atoms. The van der Waals surface area contributed by atoms with Crippen LogP contribution in [0.2, 0.25) is 0 Å². The fourth-order valence-corrected chi connectivity index (χ4v) is 3.04. The van der Waals surface area contributed by atoms with Crippen LogP contribution < -0.4 is 14.2 Å². The molecule has 0 fully saturated rings.